The van der Waals surface area contributed by atoms with Gasteiger partial charge in [0, 0.05) is 10.8 Å². The molecule has 0 spiro atoms. The molecule has 2 heterocycles. The molecule has 1 aliphatic heterocycles. The van der Waals surface area contributed by atoms with Gasteiger partial charge in [-0.25, -0.2) is 0 Å². The predicted octanol–water partition coefficient (Wildman–Crippen LogP) is 2.71. The van der Waals surface area contributed by atoms with Gasteiger partial charge in [0.2, 0.25) is 6.79 Å². The molecular formula is C16H11N5O4. The first-order chi connectivity index (χ1) is 12.2. The van der Waals surface area contributed by atoms with E-state index in [1.165, 1.54) is 18.3 Å². The number of hydrazone groups is 1. The molecule has 1 aromatic heterocycles. The highest BCUT2D eigenvalue weighted by molar-refractivity contribution is 5.92. The number of benzene rings is 2. The summed E-state index contributed by atoms with van der Waals surface area (Å²) in [5.41, 5.74) is 2.93. The Morgan fingerprint density at radius 1 is 1.24 bits per heavy atom. The van der Waals surface area contributed by atoms with Crippen molar-refractivity contribution in [2.45, 2.75) is 0 Å². The van der Waals surface area contributed by atoms with E-state index < -0.39 is 4.92 Å². The lowest BCUT2D eigenvalue weighted by molar-refractivity contribution is -0.385. The fourth-order valence-corrected chi connectivity index (χ4v) is 2.48. The van der Waals surface area contributed by atoms with Crippen LogP contribution >= 0.6 is 0 Å². The summed E-state index contributed by atoms with van der Waals surface area (Å²) in [4.78, 5) is 10.7. The predicted molar refractivity (Wildman–Crippen MR) is 90.0 cm³/mol. The number of ether oxygens (including phenoxy) is 2. The molecule has 25 heavy (non-hydrogen) atoms. The van der Waals surface area contributed by atoms with E-state index in [0.717, 1.165) is 10.8 Å². The zero-order chi connectivity index (χ0) is 17.2. The number of nitrogens with one attached hydrogen (secondary N) is 1. The van der Waals surface area contributed by atoms with Crippen molar-refractivity contribution in [3.63, 3.8) is 0 Å². The number of rotatable bonds is 4. The van der Waals surface area contributed by atoms with Crippen LogP contribution in [0.15, 0.2) is 47.7 Å². The smallest absolute Gasteiger partial charge is 0.282 e. The van der Waals surface area contributed by atoms with Crippen molar-refractivity contribution < 1.29 is 14.4 Å². The van der Waals surface area contributed by atoms with Crippen LogP contribution in [0.3, 0.4) is 0 Å². The summed E-state index contributed by atoms with van der Waals surface area (Å²) in [5.74, 6) is 1.24. The molecule has 0 amide bonds. The van der Waals surface area contributed by atoms with Gasteiger partial charge >= 0.3 is 0 Å². The topological polar surface area (TPSA) is 112 Å². The molecule has 4 rings (SSSR count). The van der Waals surface area contributed by atoms with E-state index in [9.17, 15) is 10.1 Å². The molecular weight excluding hydrogens is 326 g/mol. The number of anilines is 1. The molecule has 3 aromatic rings. The largest absolute Gasteiger partial charge is 0.454 e. The van der Waals surface area contributed by atoms with Crippen molar-refractivity contribution in [2.75, 3.05) is 12.2 Å². The van der Waals surface area contributed by atoms with Crippen LogP contribution in [0, 0.1) is 10.1 Å². The lowest BCUT2D eigenvalue weighted by Crippen LogP contribution is -1.99. The molecule has 1 aliphatic rings. The molecule has 0 aliphatic carbocycles. The number of fused-ring (bicyclic) bond motifs is 2. The molecule has 2 aromatic carbocycles. The lowest BCUT2D eigenvalue weighted by atomic mass is 10.1. The Balaban J connectivity index is 1.65. The minimum absolute atomic E-state index is 0.0386. The third kappa shape index (κ3) is 2.78. The van der Waals surface area contributed by atoms with Gasteiger partial charge in [-0.3, -0.25) is 15.5 Å². The first-order valence-electron chi connectivity index (χ1n) is 7.30. The average Bonchev–Trinajstić information content (AvgIpc) is 3.08. The molecule has 9 nitrogen and oxygen atoms in total. The van der Waals surface area contributed by atoms with E-state index >= 15 is 0 Å². The third-order valence-electron chi connectivity index (χ3n) is 3.66. The van der Waals surface area contributed by atoms with Crippen LogP contribution in [-0.4, -0.2) is 28.1 Å². The number of nitro groups is 1. The standard InChI is InChI=1S/C16H11N5O4/c22-21(23)13-6-15-14(24-9-25-15)5-11(13)8-18-20-16-12-4-2-1-3-10(12)7-17-19-16/h1-8H,9H2,(H,19,20). The van der Waals surface area contributed by atoms with Crippen molar-refractivity contribution >= 4 is 28.5 Å². The van der Waals surface area contributed by atoms with Crippen molar-refractivity contribution in [3.8, 4) is 11.5 Å². The molecule has 124 valence electrons. The van der Waals surface area contributed by atoms with E-state index in [0.29, 0.717) is 17.3 Å². The molecule has 0 unspecified atom stereocenters. The summed E-state index contributed by atoms with van der Waals surface area (Å²) in [6.07, 6.45) is 2.98. The van der Waals surface area contributed by atoms with Crippen LogP contribution < -0.4 is 14.9 Å². The second kappa shape index (κ2) is 6.04. The summed E-state index contributed by atoms with van der Waals surface area (Å²) in [6.45, 7) is 0.0386. The van der Waals surface area contributed by atoms with Crippen LogP contribution in [0.5, 0.6) is 11.5 Å². The maximum absolute atomic E-state index is 11.2. The maximum Gasteiger partial charge on any atom is 0.282 e. The van der Waals surface area contributed by atoms with Crippen LogP contribution in [0.1, 0.15) is 5.56 Å². The summed E-state index contributed by atoms with van der Waals surface area (Å²) in [5, 5.41) is 24.9. The van der Waals surface area contributed by atoms with Gasteiger partial charge in [-0.15, -0.1) is 5.10 Å². The van der Waals surface area contributed by atoms with Gasteiger partial charge in [0.25, 0.3) is 5.69 Å². The second-order valence-corrected chi connectivity index (χ2v) is 5.17. The lowest BCUT2D eigenvalue weighted by Gasteiger charge is -2.03. The fourth-order valence-electron chi connectivity index (χ4n) is 2.48. The van der Waals surface area contributed by atoms with Crippen LogP contribution in [-0.2, 0) is 0 Å². The summed E-state index contributed by atoms with van der Waals surface area (Å²) < 4.78 is 10.4. The van der Waals surface area contributed by atoms with Crippen molar-refractivity contribution in [2.24, 2.45) is 5.10 Å². The van der Waals surface area contributed by atoms with E-state index in [4.69, 9.17) is 9.47 Å². The van der Waals surface area contributed by atoms with Crippen molar-refractivity contribution in [3.05, 3.63) is 58.3 Å². The van der Waals surface area contributed by atoms with Gasteiger partial charge in [-0.05, 0) is 6.07 Å². The Kier molecular flexibility index (Phi) is 3.58. The highest BCUT2D eigenvalue weighted by atomic mass is 16.7. The van der Waals surface area contributed by atoms with Crippen LogP contribution in [0.4, 0.5) is 11.5 Å². The quantitative estimate of drug-likeness (QED) is 0.442. The van der Waals surface area contributed by atoms with Crippen molar-refractivity contribution in [1.29, 1.82) is 0 Å². The van der Waals surface area contributed by atoms with Crippen LogP contribution in [0.25, 0.3) is 10.8 Å². The molecule has 0 saturated carbocycles. The number of aromatic nitrogens is 2. The van der Waals surface area contributed by atoms with Crippen molar-refractivity contribution in [1.82, 2.24) is 10.2 Å². The molecule has 0 saturated heterocycles. The fraction of sp³-hybridized carbons (Fsp3) is 0.0625. The molecule has 0 radical (unpaired) electrons. The molecule has 9 heteroatoms. The summed E-state index contributed by atoms with van der Waals surface area (Å²) in [6, 6.07) is 10.4. The Morgan fingerprint density at radius 3 is 2.88 bits per heavy atom. The maximum atomic E-state index is 11.2. The van der Waals surface area contributed by atoms with E-state index in [1.807, 2.05) is 24.3 Å². The molecule has 0 bridgehead atoms. The summed E-state index contributed by atoms with van der Waals surface area (Å²) in [7, 11) is 0. The third-order valence-corrected chi connectivity index (χ3v) is 3.66. The Morgan fingerprint density at radius 2 is 2.04 bits per heavy atom. The number of nitrogens with zero attached hydrogens (tertiary/aromatic N) is 4. The van der Waals surface area contributed by atoms with Crippen LogP contribution in [0.2, 0.25) is 0 Å². The monoisotopic (exact) mass is 337 g/mol. The Labute approximate surface area is 141 Å². The minimum Gasteiger partial charge on any atom is -0.454 e. The van der Waals surface area contributed by atoms with Gasteiger partial charge in [0.15, 0.2) is 17.3 Å². The Bertz CT molecular complexity index is 1000. The zero-order valence-electron chi connectivity index (χ0n) is 12.7. The van der Waals surface area contributed by atoms with E-state index in [2.05, 4.69) is 20.7 Å². The highest BCUT2D eigenvalue weighted by Gasteiger charge is 2.22. The second-order valence-electron chi connectivity index (χ2n) is 5.17. The summed E-state index contributed by atoms with van der Waals surface area (Å²) >= 11 is 0. The Hall–Kier alpha value is -3.75. The first kappa shape index (κ1) is 14.8. The van der Waals surface area contributed by atoms with Gasteiger partial charge < -0.3 is 9.47 Å². The van der Waals surface area contributed by atoms with E-state index in [1.54, 1.807) is 6.20 Å². The van der Waals surface area contributed by atoms with E-state index in [-0.39, 0.29) is 18.0 Å². The molecule has 0 atom stereocenters. The van der Waals surface area contributed by atoms with Gasteiger partial charge in [-0.1, -0.05) is 24.3 Å². The highest BCUT2D eigenvalue weighted by Crippen LogP contribution is 2.37. The number of nitro benzene ring substituents is 1. The minimum atomic E-state index is -0.499. The van der Waals surface area contributed by atoms with Gasteiger partial charge in [0.1, 0.15) is 0 Å². The van der Waals surface area contributed by atoms with Gasteiger partial charge in [0.05, 0.1) is 29.0 Å². The normalized spacial score (nSPS) is 12.6. The number of hydrogen-bond donors (Lipinski definition) is 1. The SMILES string of the molecule is O=[N+]([O-])c1cc2c(cc1C=NNc1nncc3ccccc13)OCO2. The first-order valence-corrected chi connectivity index (χ1v) is 7.30. The molecule has 1 N–H and O–H groups in total. The zero-order valence-corrected chi connectivity index (χ0v) is 12.7. The molecule has 0 fully saturated rings. The average molecular weight is 337 g/mol. The number of hydrogen-bond acceptors (Lipinski definition) is 8. The van der Waals surface area contributed by atoms with Gasteiger partial charge in [-0.2, -0.15) is 10.2 Å².